The second-order valence-corrected chi connectivity index (χ2v) is 8.06. The van der Waals surface area contributed by atoms with Crippen LogP contribution in [0.25, 0.3) is 10.9 Å². The molecule has 1 aromatic heterocycles. The summed E-state index contributed by atoms with van der Waals surface area (Å²) in [6, 6.07) is 1.82. The Kier molecular flexibility index (Phi) is 4.77. The molecule has 2 aliphatic rings. The third kappa shape index (κ3) is 3.12. The molecule has 2 atom stereocenters. The monoisotopic (exact) mass is 387 g/mol. The summed E-state index contributed by atoms with van der Waals surface area (Å²) in [4.78, 5) is 23.9. The fourth-order valence-corrected chi connectivity index (χ4v) is 4.73. The summed E-state index contributed by atoms with van der Waals surface area (Å²) in [6.45, 7) is 2.28. The van der Waals surface area contributed by atoms with Crippen LogP contribution in [0.15, 0.2) is 17.1 Å². The molecule has 2 fully saturated rings. The molecule has 2 aliphatic carbocycles. The van der Waals surface area contributed by atoms with Gasteiger partial charge in [-0.25, -0.2) is 9.18 Å². The molecule has 2 aromatic rings. The fourth-order valence-electron chi connectivity index (χ4n) is 4.73. The van der Waals surface area contributed by atoms with Gasteiger partial charge in [0.25, 0.3) is 0 Å². The number of nitrogens with one attached hydrogen (secondary N) is 1. The van der Waals surface area contributed by atoms with Crippen LogP contribution in [-0.4, -0.2) is 21.7 Å². The number of aromatic carboxylic acids is 1. The zero-order chi connectivity index (χ0) is 20.0. The van der Waals surface area contributed by atoms with Crippen LogP contribution in [0, 0.1) is 17.7 Å². The van der Waals surface area contributed by atoms with Gasteiger partial charge in [0, 0.05) is 18.8 Å². The molecule has 28 heavy (non-hydrogen) atoms. The maximum atomic E-state index is 15.0. The van der Waals surface area contributed by atoms with Crippen molar-refractivity contribution in [3.8, 4) is 0 Å². The second kappa shape index (κ2) is 7.11. The molecule has 0 spiro atoms. The first kappa shape index (κ1) is 18.8. The number of hydrogen-bond donors (Lipinski definition) is 3. The van der Waals surface area contributed by atoms with Gasteiger partial charge >= 0.3 is 5.97 Å². The summed E-state index contributed by atoms with van der Waals surface area (Å²) in [5, 5.41) is 12.5. The van der Waals surface area contributed by atoms with E-state index in [0.29, 0.717) is 23.9 Å². The summed E-state index contributed by atoms with van der Waals surface area (Å²) in [5.41, 5.74) is 5.27. The van der Waals surface area contributed by atoms with Crippen LogP contribution in [0.2, 0.25) is 0 Å². The molecule has 0 saturated heterocycles. The fraction of sp³-hybridized carbons (Fsp3) is 0.524. The first-order chi connectivity index (χ1) is 13.4. The number of aryl methyl sites for hydroxylation is 1. The van der Waals surface area contributed by atoms with Crippen molar-refractivity contribution in [3.63, 3.8) is 0 Å². The van der Waals surface area contributed by atoms with Gasteiger partial charge in [0.1, 0.15) is 5.56 Å². The largest absolute Gasteiger partial charge is 0.477 e. The number of pyridine rings is 1. The molecule has 6 nitrogen and oxygen atoms in total. The Morgan fingerprint density at radius 1 is 1.36 bits per heavy atom. The number of rotatable bonds is 5. The minimum Gasteiger partial charge on any atom is -0.477 e. The molecular formula is C21H26FN3O3. The molecule has 1 heterocycles. The number of carbonyl (C=O) groups is 1. The van der Waals surface area contributed by atoms with Gasteiger partial charge < -0.3 is 20.7 Å². The maximum absolute atomic E-state index is 15.0. The Labute approximate surface area is 162 Å². The van der Waals surface area contributed by atoms with Crippen molar-refractivity contribution < 1.29 is 14.3 Å². The molecule has 0 bridgehead atoms. The number of nitrogen functional groups attached to an aromatic ring is 1. The minimum atomic E-state index is -1.34. The smallest absolute Gasteiger partial charge is 0.341 e. The Bertz CT molecular complexity index is 995. The first-order valence-electron chi connectivity index (χ1n) is 10.1. The van der Waals surface area contributed by atoms with Crippen LogP contribution in [0.4, 0.5) is 15.8 Å². The number of halogens is 1. The molecule has 2 saturated carbocycles. The summed E-state index contributed by atoms with van der Waals surface area (Å²) in [5.74, 6) is -0.744. The number of benzene rings is 1. The van der Waals surface area contributed by atoms with Gasteiger partial charge in [0.15, 0.2) is 5.82 Å². The zero-order valence-corrected chi connectivity index (χ0v) is 16.0. The molecule has 4 rings (SSSR count). The van der Waals surface area contributed by atoms with E-state index in [1.807, 2.05) is 6.92 Å². The molecule has 0 amide bonds. The third-order valence-corrected chi connectivity index (χ3v) is 6.35. The van der Waals surface area contributed by atoms with E-state index in [4.69, 9.17) is 5.73 Å². The lowest BCUT2D eigenvalue weighted by Crippen LogP contribution is -2.21. The maximum Gasteiger partial charge on any atom is 0.341 e. The number of carboxylic acid groups (broad SMARTS) is 1. The van der Waals surface area contributed by atoms with E-state index in [1.165, 1.54) is 38.3 Å². The summed E-state index contributed by atoms with van der Waals surface area (Å²) in [7, 11) is 0. The van der Waals surface area contributed by atoms with E-state index < -0.39 is 22.8 Å². The highest BCUT2D eigenvalue weighted by molar-refractivity contribution is 5.99. The highest BCUT2D eigenvalue weighted by Gasteiger charge is 2.43. The van der Waals surface area contributed by atoms with Crippen LogP contribution >= 0.6 is 0 Å². The Morgan fingerprint density at radius 3 is 2.71 bits per heavy atom. The SMILES string of the molecule is CCn1cc(C(=O)O)c(=O)c2c(N)c(F)c(N[C@@H]3C[C@H]3C3CCCCC3)cc21. The van der Waals surface area contributed by atoms with Crippen molar-refractivity contribution in [2.45, 2.75) is 58.0 Å². The first-order valence-corrected chi connectivity index (χ1v) is 10.1. The lowest BCUT2D eigenvalue weighted by molar-refractivity contribution is 0.0695. The van der Waals surface area contributed by atoms with Gasteiger partial charge in [-0.2, -0.15) is 0 Å². The number of hydrogen-bond acceptors (Lipinski definition) is 4. The predicted molar refractivity (Wildman–Crippen MR) is 107 cm³/mol. The number of carboxylic acids is 1. The Morgan fingerprint density at radius 2 is 2.07 bits per heavy atom. The lowest BCUT2D eigenvalue weighted by atomic mass is 9.85. The summed E-state index contributed by atoms with van der Waals surface area (Å²) in [6.07, 6.45) is 8.69. The summed E-state index contributed by atoms with van der Waals surface area (Å²) < 4.78 is 16.6. The number of aromatic nitrogens is 1. The van der Waals surface area contributed by atoms with E-state index in [9.17, 15) is 19.1 Å². The van der Waals surface area contributed by atoms with Gasteiger partial charge in [-0.05, 0) is 31.2 Å². The molecule has 7 heteroatoms. The molecule has 0 aliphatic heterocycles. The van der Waals surface area contributed by atoms with Gasteiger partial charge in [-0.3, -0.25) is 4.79 Å². The second-order valence-electron chi connectivity index (χ2n) is 8.06. The van der Waals surface area contributed by atoms with Gasteiger partial charge in [0.05, 0.1) is 22.3 Å². The van der Waals surface area contributed by atoms with E-state index in [-0.39, 0.29) is 22.8 Å². The van der Waals surface area contributed by atoms with Crippen LogP contribution in [-0.2, 0) is 6.54 Å². The van der Waals surface area contributed by atoms with Crippen molar-refractivity contribution in [2.75, 3.05) is 11.1 Å². The topological polar surface area (TPSA) is 97.4 Å². The van der Waals surface area contributed by atoms with Crippen molar-refractivity contribution in [2.24, 2.45) is 11.8 Å². The van der Waals surface area contributed by atoms with E-state index in [0.717, 1.165) is 6.42 Å². The van der Waals surface area contributed by atoms with Crippen molar-refractivity contribution >= 4 is 28.2 Å². The van der Waals surface area contributed by atoms with Crippen LogP contribution in [0.5, 0.6) is 0 Å². The highest BCUT2D eigenvalue weighted by Crippen LogP contribution is 2.46. The average Bonchev–Trinajstić information content (AvgIpc) is 3.45. The van der Waals surface area contributed by atoms with Crippen molar-refractivity contribution in [3.05, 3.63) is 33.9 Å². The van der Waals surface area contributed by atoms with E-state index in [2.05, 4.69) is 5.32 Å². The van der Waals surface area contributed by atoms with Crippen LogP contribution in [0.1, 0.15) is 55.8 Å². The lowest BCUT2D eigenvalue weighted by Gasteiger charge is -2.22. The Hall–Kier alpha value is -2.57. The zero-order valence-electron chi connectivity index (χ0n) is 16.0. The number of nitrogens with zero attached hydrogens (tertiary/aromatic N) is 1. The van der Waals surface area contributed by atoms with Gasteiger partial charge in [-0.15, -0.1) is 0 Å². The molecule has 0 unspecified atom stereocenters. The Balaban J connectivity index is 1.71. The molecule has 150 valence electrons. The predicted octanol–water partition coefficient (Wildman–Crippen LogP) is 3.82. The molecule has 1 aromatic carbocycles. The van der Waals surface area contributed by atoms with E-state index in [1.54, 1.807) is 10.6 Å². The quantitative estimate of drug-likeness (QED) is 0.678. The van der Waals surface area contributed by atoms with Crippen LogP contribution in [0.3, 0.4) is 0 Å². The molecule has 4 N–H and O–H groups in total. The average molecular weight is 387 g/mol. The van der Waals surface area contributed by atoms with Crippen LogP contribution < -0.4 is 16.5 Å². The van der Waals surface area contributed by atoms with Gasteiger partial charge in [0.2, 0.25) is 5.43 Å². The summed E-state index contributed by atoms with van der Waals surface area (Å²) >= 11 is 0. The molecule has 0 radical (unpaired) electrons. The van der Waals surface area contributed by atoms with Crippen molar-refractivity contribution in [1.82, 2.24) is 4.57 Å². The standard InChI is InChI=1S/C21H26FN3O3/c1-2-25-10-13(21(27)28)20(26)17-16(25)9-15(18(22)19(17)23)24-14-8-12(14)11-6-4-3-5-7-11/h9-12,14,24H,2-8,23H2,1H3,(H,27,28)/t12-,14+/m0/s1. The number of anilines is 2. The number of fused-ring (bicyclic) bond motifs is 1. The van der Waals surface area contributed by atoms with E-state index >= 15 is 0 Å². The number of nitrogens with two attached hydrogens (primary N) is 1. The third-order valence-electron chi connectivity index (χ3n) is 6.35. The van der Waals surface area contributed by atoms with Crippen molar-refractivity contribution in [1.29, 1.82) is 0 Å². The van der Waals surface area contributed by atoms with Gasteiger partial charge in [-0.1, -0.05) is 32.1 Å². The minimum absolute atomic E-state index is 0.0653. The highest BCUT2D eigenvalue weighted by atomic mass is 19.1. The normalized spacial score (nSPS) is 22.4. The molecular weight excluding hydrogens is 361 g/mol.